The molecule has 0 saturated carbocycles. The van der Waals surface area contributed by atoms with E-state index in [1.54, 1.807) is 23.1 Å². The molecule has 2 saturated heterocycles. The molecule has 5 rings (SSSR count). The summed E-state index contributed by atoms with van der Waals surface area (Å²) < 4.78 is 22.7. The van der Waals surface area contributed by atoms with Gasteiger partial charge in [0, 0.05) is 31.7 Å². The minimum atomic E-state index is -0.744. The Balaban J connectivity index is 1.47. The molecular formula is C31H38N2O7. The minimum Gasteiger partial charge on any atom is -0.507 e. The van der Waals surface area contributed by atoms with Crippen LogP contribution in [0.3, 0.4) is 0 Å². The standard InChI is InChI=1S/C31H38N2O7/c1-21(2)9-14-38-24-6-3-5-22(19-24)28-27(29(34)23-7-8-25-26(20-23)40-18-17-39-25)30(35)31(36)33(28)11-4-10-32-12-15-37-16-13-32/h3,5-8,19-21,28,34H,4,9-18H2,1-2H3/b29-27+. The van der Waals surface area contributed by atoms with Crippen molar-refractivity contribution in [1.82, 2.24) is 9.80 Å². The lowest BCUT2D eigenvalue weighted by Gasteiger charge is -2.29. The summed E-state index contributed by atoms with van der Waals surface area (Å²) in [5.74, 6) is 0.694. The molecule has 0 bridgehead atoms. The van der Waals surface area contributed by atoms with Gasteiger partial charge in [-0.3, -0.25) is 14.5 Å². The fourth-order valence-electron chi connectivity index (χ4n) is 5.28. The molecule has 9 heteroatoms. The molecule has 1 amide bonds. The van der Waals surface area contributed by atoms with Crippen molar-refractivity contribution in [3.05, 3.63) is 59.2 Å². The van der Waals surface area contributed by atoms with Gasteiger partial charge in [-0.15, -0.1) is 0 Å². The van der Waals surface area contributed by atoms with Crippen LogP contribution >= 0.6 is 0 Å². The first-order chi connectivity index (χ1) is 19.4. The number of ketones is 1. The van der Waals surface area contributed by atoms with E-state index in [-0.39, 0.29) is 11.3 Å². The number of carbonyl (C=O) groups is 2. The molecular weight excluding hydrogens is 512 g/mol. The van der Waals surface area contributed by atoms with Gasteiger partial charge in [-0.2, -0.15) is 0 Å². The van der Waals surface area contributed by atoms with Crippen LogP contribution in [0.5, 0.6) is 17.2 Å². The topological polar surface area (TPSA) is 97.8 Å². The Morgan fingerprint density at radius 2 is 1.77 bits per heavy atom. The second-order valence-electron chi connectivity index (χ2n) is 10.8. The van der Waals surface area contributed by atoms with Crippen molar-refractivity contribution in [2.75, 3.05) is 59.2 Å². The number of hydrogen-bond acceptors (Lipinski definition) is 8. The Hall–Kier alpha value is -3.56. The van der Waals surface area contributed by atoms with Gasteiger partial charge in [0.05, 0.1) is 31.4 Å². The maximum Gasteiger partial charge on any atom is 0.295 e. The molecule has 9 nitrogen and oxygen atoms in total. The molecule has 0 spiro atoms. The Bertz CT molecular complexity index is 1250. The van der Waals surface area contributed by atoms with Gasteiger partial charge in [-0.25, -0.2) is 0 Å². The zero-order chi connectivity index (χ0) is 28.1. The zero-order valence-corrected chi connectivity index (χ0v) is 23.3. The van der Waals surface area contributed by atoms with Crippen molar-refractivity contribution >= 4 is 17.4 Å². The summed E-state index contributed by atoms with van der Waals surface area (Å²) in [4.78, 5) is 30.8. The van der Waals surface area contributed by atoms with Crippen LogP contribution < -0.4 is 14.2 Å². The molecule has 0 radical (unpaired) electrons. The number of morpholine rings is 1. The molecule has 1 unspecified atom stereocenters. The fraction of sp³-hybridized carbons (Fsp3) is 0.484. The van der Waals surface area contributed by atoms with Crippen molar-refractivity contribution in [2.24, 2.45) is 5.92 Å². The molecule has 2 aromatic rings. The molecule has 3 aliphatic rings. The molecule has 0 aromatic heterocycles. The van der Waals surface area contributed by atoms with E-state index >= 15 is 0 Å². The third-order valence-corrected chi connectivity index (χ3v) is 7.47. The number of hydrogen-bond donors (Lipinski definition) is 1. The first-order valence-corrected chi connectivity index (χ1v) is 14.1. The third-order valence-electron chi connectivity index (χ3n) is 7.47. The van der Waals surface area contributed by atoms with Gasteiger partial charge in [0.1, 0.15) is 24.7 Å². The second kappa shape index (κ2) is 12.7. The average Bonchev–Trinajstić information content (AvgIpc) is 3.22. The van der Waals surface area contributed by atoms with Gasteiger partial charge in [-0.1, -0.05) is 26.0 Å². The largest absolute Gasteiger partial charge is 0.507 e. The van der Waals surface area contributed by atoms with Gasteiger partial charge in [-0.05, 0) is 54.7 Å². The van der Waals surface area contributed by atoms with E-state index in [1.165, 1.54) is 0 Å². The molecule has 2 aromatic carbocycles. The fourth-order valence-corrected chi connectivity index (χ4v) is 5.28. The number of ether oxygens (including phenoxy) is 4. The molecule has 1 atom stereocenters. The van der Waals surface area contributed by atoms with E-state index in [9.17, 15) is 14.7 Å². The van der Waals surface area contributed by atoms with Crippen LogP contribution in [0.4, 0.5) is 0 Å². The Labute approximate surface area is 235 Å². The minimum absolute atomic E-state index is 0.0624. The Kier molecular flexibility index (Phi) is 8.91. The summed E-state index contributed by atoms with van der Waals surface area (Å²) in [6.45, 7) is 9.96. The number of Topliss-reactive ketones (excluding diaryl/α,β-unsaturated/α-hetero) is 1. The maximum atomic E-state index is 13.5. The normalized spacial score (nSPS) is 20.8. The van der Waals surface area contributed by atoms with E-state index in [0.717, 1.165) is 26.1 Å². The highest BCUT2D eigenvalue weighted by atomic mass is 16.6. The number of likely N-dealkylation sites (tertiary alicyclic amines) is 1. The molecule has 3 heterocycles. The SMILES string of the molecule is CC(C)CCOc1cccc(C2/C(=C(\O)c3ccc4c(c3)OCCO4)C(=O)C(=O)N2CCCN2CCOCC2)c1. The zero-order valence-electron chi connectivity index (χ0n) is 23.3. The predicted molar refractivity (Wildman–Crippen MR) is 150 cm³/mol. The summed E-state index contributed by atoms with van der Waals surface area (Å²) in [5, 5.41) is 11.5. The summed E-state index contributed by atoms with van der Waals surface area (Å²) in [5.41, 5.74) is 1.17. The number of fused-ring (bicyclic) bond motifs is 1. The number of benzene rings is 2. The summed E-state index contributed by atoms with van der Waals surface area (Å²) in [6, 6.07) is 11.8. The van der Waals surface area contributed by atoms with E-state index in [1.807, 2.05) is 24.3 Å². The predicted octanol–water partition coefficient (Wildman–Crippen LogP) is 4.03. The van der Waals surface area contributed by atoms with Crippen LogP contribution in [0.25, 0.3) is 5.76 Å². The summed E-state index contributed by atoms with van der Waals surface area (Å²) in [6.07, 6.45) is 1.60. The second-order valence-corrected chi connectivity index (χ2v) is 10.8. The smallest absolute Gasteiger partial charge is 0.295 e. The quantitative estimate of drug-likeness (QED) is 0.269. The molecule has 40 heavy (non-hydrogen) atoms. The first-order valence-electron chi connectivity index (χ1n) is 14.1. The molecule has 3 aliphatic heterocycles. The van der Waals surface area contributed by atoms with E-state index in [4.69, 9.17) is 18.9 Å². The molecule has 0 aliphatic carbocycles. The van der Waals surface area contributed by atoms with Crippen LogP contribution in [0.15, 0.2) is 48.0 Å². The van der Waals surface area contributed by atoms with Gasteiger partial charge in [0.15, 0.2) is 11.5 Å². The number of aliphatic hydroxyl groups excluding tert-OH is 1. The van der Waals surface area contributed by atoms with Crippen LogP contribution in [-0.2, 0) is 14.3 Å². The first kappa shape index (κ1) is 28.0. The lowest BCUT2D eigenvalue weighted by Crippen LogP contribution is -2.38. The van der Waals surface area contributed by atoms with Gasteiger partial charge >= 0.3 is 0 Å². The molecule has 1 N–H and O–H groups in total. The lowest BCUT2D eigenvalue weighted by molar-refractivity contribution is -0.140. The van der Waals surface area contributed by atoms with Gasteiger partial charge in [0.25, 0.3) is 11.7 Å². The lowest BCUT2D eigenvalue weighted by atomic mass is 9.95. The van der Waals surface area contributed by atoms with Crippen LogP contribution in [0.2, 0.25) is 0 Å². The van der Waals surface area contributed by atoms with Gasteiger partial charge < -0.3 is 29.0 Å². The number of rotatable bonds is 10. The summed E-state index contributed by atoms with van der Waals surface area (Å²) in [7, 11) is 0. The van der Waals surface area contributed by atoms with Crippen molar-refractivity contribution in [3.8, 4) is 17.2 Å². The van der Waals surface area contributed by atoms with E-state index in [0.29, 0.717) is 80.3 Å². The third kappa shape index (κ3) is 6.26. The maximum absolute atomic E-state index is 13.5. The highest BCUT2D eigenvalue weighted by molar-refractivity contribution is 6.46. The van der Waals surface area contributed by atoms with Crippen LogP contribution in [-0.4, -0.2) is 85.8 Å². The van der Waals surface area contributed by atoms with Gasteiger partial charge in [0.2, 0.25) is 0 Å². The van der Waals surface area contributed by atoms with Crippen molar-refractivity contribution in [3.63, 3.8) is 0 Å². The Morgan fingerprint density at radius 3 is 2.55 bits per heavy atom. The molecule has 2 fully saturated rings. The highest BCUT2D eigenvalue weighted by Gasteiger charge is 2.46. The Morgan fingerprint density at radius 1 is 1.00 bits per heavy atom. The van der Waals surface area contributed by atoms with Crippen LogP contribution in [0.1, 0.15) is 43.9 Å². The van der Waals surface area contributed by atoms with Crippen molar-refractivity contribution in [1.29, 1.82) is 0 Å². The number of amides is 1. The number of nitrogens with zero attached hydrogens (tertiary/aromatic N) is 2. The van der Waals surface area contributed by atoms with Crippen molar-refractivity contribution in [2.45, 2.75) is 32.7 Å². The monoisotopic (exact) mass is 550 g/mol. The number of carbonyl (C=O) groups excluding carboxylic acids is 2. The highest BCUT2D eigenvalue weighted by Crippen LogP contribution is 2.41. The molecule has 214 valence electrons. The van der Waals surface area contributed by atoms with E-state index < -0.39 is 17.7 Å². The van der Waals surface area contributed by atoms with Crippen molar-refractivity contribution < 1.29 is 33.6 Å². The van der Waals surface area contributed by atoms with Crippen LogP contribution in [0, 0.1) is 5.92 Å². The van der Waals surface area contributed by atoms with E-state index in [2.05, 4.69) is 18.7 Å². The summed E-state index contributed by atoms with van der Waals surface area (Å²) >= 11 is 0. The average molecular weight is 551 g/mol. The number of aliphatic hydroxyl groups is 1.